The van der Waals surface area contributed by atoms with Crippen LogP contribution in [0.5, 0.6) is 11.5 Å². The van der Waals surface area contributed by atoms with Crippen LogP contribution >= 0.6 is 23.4 Å². The number of carbonyl (C=O) groups is 1. The normalized spacial score (nSPS) is 15.1. The molecule has 206 valence electrons. The molecule has 2 aliphatic rings. The predicted octanol–water partition coefficient (Wildman–Crippen LogP) is 3.76. The standard InChI is InChI=1S/C28H33ClN6O3S/c1-33(2)9-8-30-27(36)22-5-3-4-21(14-22)18-39-28-31-25(29)16-26(32-28)35-12-10-34(11-13-35)17-20-6-7-23-24(15-20)38-19-37-23/h3-7,14-16H,8-13,17-19H2,1-2H3,(H,30,36). The van der Waals surface area contributed by atoms with Gasteiger partial charge in [0.25, 0.3) is 5.91 Å². The second-order valence-corrected chi connectivity index (χ2v) is 11.2. The average Bonchev–Trinajstić information content (AvgIpc) is 3.40. The van der Waals surface area contributed by atoms with E-state index in [1.54, 1.807) is 0 Å². The first-order valence-corrected chi connectivity index (χ1v) is 14.3. The molecule has 39 heavy (non-hydrogen) atoms. The lowest BCUT2D eigenvalue weighted by Crippen LogP contribution is -2.46. The molecule has 2 aromatic carbocycles. The van der Waals surface area contributed by atoms with E-state index in [4.69, 9.17) is 26.1 Å². The minimum atomic E-state index is -0.0670. The second kappa shape index (κ2) is 12.9. The van der Waals surface area contributed by atoms with Crippen molar-refractivity contribution in [1.29, 1.82) is 0 Å². The third-order valence-corrected chi connectivity index (χ3v) is 7.71. The number of benzene rings is 2. The third-order valence-electron chi connectivity index (χ3n) is 6.60. The lowest BCUT2D eigenvalue weighted by atomic mass is 10.1. The van der Waals surface area contributed by atoms with Gasteiger partial charge in [-0.3, -0.25) is 9.69 Å². The van der Waals surface area contributed by atoms with Crippen molar-refractivity contribution in [1.82, 2.24) is 25.1 Å². The van der Waals surface area contributed by atoms with Crippen LogP contribution in [0.2, 0.25) is 5.15 Å². The summed E-state index contributed by atoms with van der Waals surface area (Å²) in [6, 6.07) is 15.6. The summed E-state index contributed by atoms with van der Waals surface area (Å²) >= 11 is 7.91. The molecule has 0 unspecified atom stereocenters. The smallest absolute Gasteiger partial charge is 0.251 e. The van der Waals surface area contributed by atoms with Gasteiger partial charge in [-0.1, -0.05) is 41.6 Å². The van der Waals surface area contributed by atoms with Crippen molar-refractivity contribution in [2.45, 2.75) is 17.5 Å². The first-order chi connectivity index (χ1) is 18.9. The minimum absolute atomic E-state index is 0.0670. The van der Waals surface area contributed by atoms with Crippen LogP contribution in [0.15, 0.2) is 53.7 Å². The summed E-state index contributed by atoms with van der Waals surface area (Å²) in [4.78, 5) is 28.4. The Kier molecular flexibility index (Phi) is 9.08. The summed E-state index contributed by atoms with van der Waals surface area (Å²) in [5.41, 5.74) is 2.90. The maximum Gasteiger partial charge on any atom is 0.251 e. The SMILES string of the molecule is CN(C)CCNC(=O)c1cccc(CSc2nc(Cl)cc(N3CCN(Cc4ccc5c(c4)OCO5)CC3)n2)c1. The quantitative estimate of drug-likeness (QED) is 0.223. The number of hydrogen-bond donors (Lipinski definition) is 1. The number of rotatable bonds is 10. The molecule has 5 rings (SSSR count). The molecule has 1 aromatic heterocycles. The van der Waals surface area contributed by atoms with Crippen LogP contribution in [-0.4, -0.2) is 85.8 Å². The monoisotopic (exact) mass is 568 g/mol. The van der Waals surface area contributed by atoms with Crippen molar-refractivity contribution in [3.8, 4) is 11.5 Å². The molecule has 0 saturated carbocycles. The fourth-order valence-electron chi connectivity index (χ4n) is 4.49. The Hall–Kier alpha value is -3.05. The number of nitrogens with one attached hydrogen (secondary N) is 1. The van der Waals surface area contributed by atoms with Crippen molar-refractivity contribution in [2.75, 3.05) is 65.1 Å². The number of piperazine rings is 1. The highest BCUT2D eigenvalue weighted by Crippen LogP contribution is 2.33. The van der Waals surface area contributed by atoms with Gasteiger partial charge in [0, 0.05) is 63.2 Å². The third kappa shape index (κ3) is 7.54. The van der Waals surface area contributed by atoms with Crippen molar-refractivity contribution >= 4 is 35.1 Å². The van der Waals surface area contributed by atoms with E-state index >= 15 is 0 Å². The second-order valence-electron chi connectivity index (χ2n) is 9.83. The zero-order valence-corrected chi connectivity index (χ0v) is 23.8. The largest absolute Gasteiger partial charge is 0.454 e. The lowest BCUT2D eigenvalue weighted by Gasteiger charge is -2.35. The summed E-state index contributed by atoms with van der Waals surface area (Å²) in [6.45, 7) is 6.11. The predicted molar refractivity (Wildman–Crippen MR) is 154 cm³/mol. The van der Waals surface area contributed by atoms with Crippen LogP contribution in [0.1, 0.15) is 21.5 Å². The number of ether oxygens (including phenoxy) is 2. The summed E-state index contributed by atoms with van der Waals surface area (Å²) < 4.78 is 10.9. The minimum Gasteiger partial charge on any atom is -0.454 e. The Bertz CT molecular complexity index is 1300. The molecule has 0 radical (unpaired) electrons. The summed E-state index contributed by atoms with van der Waals surface area (Å²) in [5.74, 6) is 3.05. The molecule has 0 bridgehead atoms. The lowest BCUT2D eigenvalue weighted by molar-refractivity contribution is 0.0951. The molecule has 0 aliphatic carbocycles. The number of likely N-dealkylation sites (N-methyl/N-ethyl adjacent to an activating group) is 1. The van der Waals surface area contributed by atoms with Crippen molar-refractivity contribution in [3.05, 3.63) is 70.4 Å². The van der Waals surface area contributed by atoms with Crippen LogP contribution < -0.4 is 19.7 Å². The number of aromatic nitrogens is 2. The number of amides is 1. The molecule has 11 heteroatoms. The zero-order valence-electron chi connectivity index (χ0n) is 22.2. The van der Waals surface area contributed by atoms with Crippen molar-refractivity contribution in [2.24, 2.45) is 0 Å². The fraction of sp³-hybridized carbons (Fsp3) is 0.393. The number of carbonyl (C=O) groups excluding carboxylic acids is 1. The van der Waals surface area contributed by atoms with Gasteiger partial charge >= 0.3 is 0 Å². The Morgan fingerprint density at radius 3 is 2.67 bits per heavy atom. The van der Waals surface area contributed by atoms with Crippen LogP contribution in [0.4, 0.5) is 5.82 Å². The first kappa shape index (κ1) is 27.5. The van der Waals surface area contributed by atoms with Crippen LogP contribution in [0, 0.1) is 0 Å². The number of halogens is 1. The van der Waals surface area contributed by atoms with E-state index in [2.05, 4.69) is 32.2 Å². The topological polar surface area (TPSA) is 83.1 Å². The van der Waals surface area contributed by atoms with E-state index in [0.29, 0.717) is 35.0 Å². The van der Waals surface area contributed by atoms with Crippen molar-refractivity contribution < 1.29 is 14.3 Å². The van der Waals surface area contributed by atoms with Crippen LogP contribution in [0.3, 0.4) is 0 Å². The van der Waals surface area contributed by atoms with Crippen LogP contribution in [-0.2, 0) is 12.3 Å². The van der Waals surface area contributed by atoms with Gasteiger partial charge in [-0.15, -0.1) is 0 Å². The Balaban J connectivity index is 1.14. The van der Waals surface area contributed by atoms with Crippen LogP contribution in [0.25, 0.3) is 0 Å². The molecule has 9 nitrogen and oxygen atoms in total. The maximum atomic E-state index is 12.5. The van der Waals surface area contributed by atoms with E-state index in [9.17, 15) is 4.79 Å². The van der Waals surface area contributed by atoms with Gasteiger partial charge in [0.1, 0.15) is 11.0 Å². The van der Waals surface area contributed by atoms with Gasteiger partial charge in [0.15, 0.2) is 16.7 Å². The van der Waals surface area contributed by atoms with Gasteiger partial charge in [-0.05, 0) is 49.5 Å². The molecule has 3 aromatic rings. The molecule has 0 spiro atoms. The summed E-state index contributed by atoms with van der Waals surface area (Å²) in [6.07, 6.45) is 0. The van der Waals surface area contributed by atoms with E-state index in [-0.39, 0.29) is 5.91 Å². The molecular weight excluding hydrogens is 536 g/mol. The molecule has 0 atom stereocenters. The fourth-order valence-corrected chi connectivity index (χ4v) is 5.51. The van der Waals surface area contributed by atoms with Gasteiger partial charge in [0.2, 0.25) is 6.79 Å². The van der Waals surface area contributed by atoms with Gasteiger partial charge in [-0.2, -0.15) is 0 Å². The number of hydrogen-bond acceptors (Lipinski definition) is 9. The average molecular weight is 569 g/mol. The van der Waals surface area contributed by atoms with Gasteiger partial charge in [0.05, 0.1) is 0 Å². The maximum absolute atomic E-state index is 12.5. The number of nitrogens with zero attached hydrogens (tertiary/aromatic N) is 5. The van der Waals surface area contributed by atoms with E-state index < -0.39 is 0 Å². The molecule has 2 aliphatic heterocycles. The highest BCUT2D eigenvalue weighted by atomic mass is 35.5. The Labute approximate surface area is 238 Å². The molecular formula is C28H33ClN6O3S. The molecule has 1 N–H and O–H groups in total. The Morgan fingerprint density at radius 1 is 1.03 bits per heavy atom. The number of thioether (sulfide) groups is 1. The van der Waals surface area contributed by atoms with E-state index in [1.807, 2.05) is 55.4 Å². The molecule has 1 fully saturated rings. The summed E-state index contributed by atoms with van der Waals surface area (Å²) in [7, 11) is 3.96. The van der Waals surface area contributed by atoms with Gasteiger partial charge in [-0.25, -0.2) is 9.97 Å². The number of fused-ring (bicyclic) bond motifs is 1. The Morgan fingerprint density at radius 2 is 1.85 bits per heavy atom. The van der Waals surface area contributed by atoms with E-state index in [0.717, 1.165) is 62.1 Å². The highest BCUT2D eigenvalue weighted by Gasteiger charge is 2.21. The molecule has 1 amide bonds. The van der Waals surface area contributed by atoms with Gasteiger partial charge < -0.3 is 24.6 Å². The van der Waals surface area contributed by atoms with Crippen molar-refractivity contribution in [3.63, 3.8) is 0 Å². The summed E-state index contributed by atoms with van der Waals surface area (Å²) in [5, 5.41) is 4.02. The molecule has 1 saturated heterocycles. The van der Waals surface area contributed by atoms with E-state index in [1.165, 1.54) is 17.3 Å². The first-order valence-electron chi connectivity index (χ1n) is 13.0. The molecule has 3 heterocycles. The zero-order chi connectivity index (χ0) is 27.2. The highest BCUT2D eigenvalue weighted by molar-refractivity contribution is 7.98. The number of anilines is 1.